The minimum absolute atomic E-state index is 0.0691. The number of ether oxygens (including phenoxy) is 1. The van der Waals surface area contributed by atoms with Crippen LogP contribution < -0.4 is 10.1 Å². The number of likely N-dealkylation sites (N-methyl/N-ethyl adjacent to an activating group) is 1. The zero-order valence-corrected chi connectivity index (χ0v) is 11.3. The summed E-state index contributed by atoms with van der Waals surface area (Å²) >= 11 is 0. The number of nitrogens with one attached hydrogen (secondary N) is 1. The molecule has 0 amide bonds. The molecule has 106 valence electrons. The van der Waals surface area contributed by atoms with E-state index in [0.717, 1.165) is 25.7 Å². The van der Waals surface area contributed by atoms with Crippen molar-refractivity contribution in [1.29, 1.82) is 5.26 Å². The molecule has 0 heterocycles. The van der Waals surface area contributed by atoms with Gasteiger partial charge in [0.15, 0.2) is 5.75 Å². The van der Waals surface area contributed by atoms with E-state index in [-0.39, 0.29) is 29.1 Å². The second-order valence-corrected chi connectivity index (χ2v) is 4.89. The minimum Gasteiger partial charge on any atom is -0.482 e. The highest BCUT2D eigenvalue weighted by Crippen LogP contribution is 2.31. The van der Waals surface area contributed by atoms with Crippen LogP contribution in [0.15, 0.2) is 18.2 Å². The summed E-state index contributed by atoms with van der Waals surface area (Å²) in [5.41, 5.74) is 0.113. The first-order chi connectivity index (χ1) is 9.65. The van der Waals surface area contributed by atoms with Crippen LogP contribution in [0.4, 0.5) is 5.69 Å². The highest BCUT2D eigenvalue weighted by molar-refractivity contribution is 5.51. The number of benzene rings is 1. The third kappa shape index (κ3) is 3.06. The van der Waals surface area contributed by atoms with Crippen molar-refractivity contribution >= 4 is 5.69 Å². The SMILES string of the molecule is CNC1CCCCC1Oc1ccc(C#N)cc1[N+](=O)[O-]. The predicted octanol–water partition coefficient (Wildman–Crippen LogP) is 2.38. The second-order valence-electron chi connectivity index (χ2n) is 4.89. The third-order valence-electron chi connectivity index (χ3n) is 3.64. The fourth-order valence-corrected chi connectivity index (χ4v) is 2.56. The summed E-state index contributed by atoms with van der Waals surface area (Å²) in [6.07, 6.45) is 4.02. The number of hydrogen-bond donors (Lipinski definition) is 1. The van der Waals surface area contributed by atoms with Gasteiger partial charge < -0.3 is 10.1 Å². The topological polar surface area (TPSA) is 88.2 Å². The zero-order chi connectivity index (χ0) is 14.5. The van der Waals surface area contributed by atoms with Gasteiger partial charge >= 0.3 is 5.69 Å². The maximum Gasteiger partial charge on any atom is 0.312 e. The molecule has 0 saturated heterocycles. The van der Waals surface area contributed by atoms with Crippen LogP contribution in [0, 0.1) is 21.4 Å². The van der Waals surface area contributed by atoms with Crippen molar-refractivity contribution in [3.63, 3.8) is 0 Å². The molecule has 2 unspecified atom stereocenters. The Morgan fingerprint density at radius 1 is 1.45 bits per heavy atom. The Hall–Kier alpha value is -2.13. The summed E-state index contributed by atoms with van der Waals surface area (Å²) in [5.74, 6) is 0.237. The molecule has 0 aliphatic heterocycles. The largest absolute Gasteiger partial charge is 0.482 e. The van der Waals surface area contributed by atoms with Crippen molar-refractivity contribution in [3.05, 3.63) is 33.9 Å². The van der Waals surface area contributed by atoms with Gasteiger partial charge in [-0.25, -0.2) is 0 Å². The number of rotatable bonds is 4. The van der Waals surface area contributed by atoms with Gasteiger partial charge in [0.25, 0.3) is 0 Å². The van der Waals surface area contributed by atoms with Crippen LogP contribution in [0.5, 0.6) is 5.75 Å². The fourth-order valence-electron chi connectivity index (χ4n) is 2.56. The fraction of sp³-hybridized carbons (Fsp3) is 0.500. The van der Waals surface area contributed by atoms with Gasteiger partial charge in [-0.3, -0.25) is 10.1 Å². The molecule has 0 radical (unpaired) electrons. The molecule has 1 aliphatic carbocycles. The first kappa shape index (κ1) is 14.3. The molecule has 2 atom stereocenters. The van der Waals surface area contributed by atoms with Gasteiger partial charge in [-0.15, -0.1) is 0 Å². The quantitative estimate of drug-likeness (QED) is 0.673. The smallest absolute Gasteiger partial charge is 0.312 e. The summed E-state index contributed by atoms with van der Waals surface area (Å²) in [6.45, 7) is 0. The molecule has 1 aromatic carbocycles. The van der Waals surface area contributed by atoms with Gasteiger partial charge in [0.1, 0.15) is 6.10 Å². The molecule has 20 heavy (non-hydrogen) atoms. The molecule has 1 N–H and O–H groups in total. The van der Waals surface area contributed by atoms with Crippen molar-refractivity contribution in [2.45, 2.75) is 37.8 Å². The van der Waals surface area contributed by atoms with Crippen molar-refractivity contribution in [3.8, 4) is 11.8 Å². The Kier molecular flexibility index (Phi) is 4.53. The number of nitro groups is 1. The van der Waals surface area contributed by atoms with Crippen molar-refractivity contribution < 1.29 is 9.66 Å². The Morgan fingerprint density at radius 2 is 2.20 bits per heavy atom. The molecule has 2 rings (SSSR count). The standard InChI is InChI=1S/C14H17N3O3/c1-16-11-4-2-3-5-13(11)20-14-7-6-10(9-15)8-12(14)17(18)19/h6-8,11,13,16H,2-5H2,1H3. The lowest BCUT2D eigenvalue weighted by Crippen LogP contribution is -2.43. The Labute approximate surface area is 117 Å². The molecule has 1 fully saturated rings. The average molecular weight is 275 g/mol. The third-order valence-corrected chi connectivity index (χ3v) is 3.64. The van der Waals surface area contributed by atoms with Gasteiger partial charge in [0, 0.05) is 12.1 Å². The Bertz CT molecular complexity index is 539. The minimum atomic E-state index is -0.507. The Morgan fingerprint density at radius 3 is 2.85 bits per heavy atom. The van der Waals surface area contributed by atoms with Crippen molar-refractivity contribution in [1.82, 2.24) is 5.32 Å². The molecular weight excluding hydrogens is 258 g/mol. The average Bonchev–Trinajstić information content (AvgIpc) is 2.48. The van der Waals surface area contributed by atoms with Gasteiger partial charge in [0.2, 0.25) is 0 Å². The van der Waals surface area contributed by atoms with Crippen molar-refractivity contribution in [2.24, 2.45) is 0 Å². The number of nitriles is 1. The van der Waals surface area contributed by atoms with E-state index in [1.807, 2.05) is 13.1 Å². The van der Waals surface area contributed by atoms with Crippen LogP contribution in [-0.4, -0.2) is 24.1 Å². The van der Waals surface area contributed by atoms with E-state index in [2.05, 4.69) is 5.32 Å². The summed E-state index contributed by atoms with van der Waals surface area (Å²) in [5, 5.41) is 23.1. The van der Waals surface area contributed by atoms with Crippen LogP contribution in [-0.2, 0) is 0 Å². The summed E-state index contributed by atoms with van der Waals surface area (Å²) in [7, 11) is 1.87. The first-order valence-corrected chi connectivity index (χ1v) is 6.68. The van der Waals surface area contributed by atoms with Crippen molar-refractivity contribution in [2.75, 3.05) is 7.05 Å². The molecule has 0 bridgehead atoms. The Balaban J connectivity index is 2.24. The van der Waals surface area contributed by atoms with E-state index in [4.69, 9.17) is 10.00 Å². The van der Waals surface area contributed by atoms with E-state index in [9.17, 15) is 10.1 Å². The van der Waals surface area contributed by atoms with Crippen LogP contribution in [0.3, 0.4) is 0 Å². The van der Waals surface area contributed by atoms with E-state index in [0.29, 0.717) is 0 Å². The predicted molar refractivity (Wildman–Crippen MR) is 73.5 cm³/mol. The lowest BCUT2D eigenvalue weighted by Gasteiger charge is -2.31. The molecule has 6 nitrogen and oxygen atoms in total. The lowest BCUT2D eigenvalue weighted by atomic mass is 9.92. The highest BCUT2D eigenvalue weighted by atomic mass is 16.6. The number of nitrogens with zero attached hydrogens (tertiary/aromatic N) is 2. The van der Waals surface area contributed by atoms with Crippen LogP contribution in [0.1, 0.15) is 31.2 Å². The molecular formula is C14H17N3O3. The maximum atomic E-state index is 11.1. The number of nitro benzene ring substituents is 1. The van der Waals surface area contributed by atoms with Crippen LogP contribution >= 0.6 is 0 Å². The van der Waals surface area contributed by atoms with E-state index in [1.54, 1.807) is 6.07 Å². The van der Waals surface area contributed by atoms with Gasteiger partial charge in [0.05, 0.1) is 16.6 Å². The summed E-state index contributed by atoms with van der Waals surface area (Å²) < 4.78 is 5.84. The first-order valence-electron chi connectivity index (χ1n) is 6.68. The van der Waals surface area contributed by atoms with E-state index < -0.39 is 4.92 Å². The molecule has 0 aromatic heterocycles. The number of hydrogen-bond acceptors (Lipinski definition) is 5. The summed E-state index contributed by atoms with van der Waals surface area (Å²) in [4.78, 5) is 10.6. The van der Waals surface area contributed by atoms with E-state index in [1.165, 1.54) is 12.1 Å². The lowest BCUT2D eigenvalue weighted by molar-refractivity contribution is -0.386. The maximum absolute atomic E-state index is 11.1. The monoisotopic (exact) mass is 275 g/mol. The van der Waals surface area contributed by atoms with Gasteiger partial charge in [-0.2, -0.15) is 5.26 Å². The normalized spacial score (nSPS) is 22.0. The van der Waals surface area contributed by atoms with Crippen LogP contribution in [0.25, 0.3) is 0 Å². The summed E-state index contributed by atoms with van der Waals surface area (Å²) in [6, 6.07) is 6.42. The van der Waals surface area contributed by atoms with Crippen LogP contribution in [0.2, 0.25) is 0 Å². The molecule has 6 heteroatoms. The highest BCUT2D eigenvalue weighted by Gasteiger charge is 2.28. The molecule has 1 aliphatic rings. The molecule has 1 aromatic rings. The molecule has 0 spiro atoms. The van der Waals surface area contributed by atoms with E-state index >= 15 is 0 Å². The molecule has 1 saturated carbocycles. The van der Waals surface area contributed by atoms with Gasteiger partial charge in [-0.05, 0) is 38.4 Å². The zero-order valence-electron chi connectivity index (χ0n) is 11.3. The van der Waals surface area contributed by atoms with Gasteiger partial charge in [-0.1, -0.05) is 6.42 Å². The second kappa shape index (κ2) is 6.35.